The number of aliphatic hydroxyl groups excluding tert-OH is 1. The maximum atomic E-state index is 9.39. The molecule has 0 aromatic rings. The molecule has 0 aliphatic carbocycles. The fourth-order valence-electron chi connectivity index (χ4n) is 1.65. The first kappa shape index (κ1) is 15.8. The van der Waals surface area contributed by atoms with Gasteiger partial charge in [-0.3, -0.25) is 0 Å². The van der Waals surface area contributed by atoms with Gasteiger partial charge in [0.15, 0.2) is 0 Å². The molecule has 4 nitrogen and oxygen atoms in total. The van der Waals surface area contributed by atoms with Crippen molar-refractivity contribution >= 4 is 0 Å². The van der Waals surface area contributed by atoms with Crippen molar-refractivity contribution in [1.29, 1.82) is 0 Å². The minimum Gasteiger partial charge on any atom is -0.394 e. The van der Waals surface area contributed by atoms with Crippen molar-refractivity contribution in [3.63, 3.8) is 0 Å². The second-order valence-electron chi connectivity index (χ2n) is 4.52. The van der Waals surface area contributed by atoms with Gasteiger partial charge in [0.1, 0.15) is 0 Å². The molecule has 4 heteroatoms. The van der Waals surface area contributed by atoms with Crippen LogP contribution in [0.25, 0.3) is 0 Å². The fourth-order valence-corrected chi connectivity index (χ4v) is 1.65. The van der Waals surface area contributed by atoms with Crippen LogP contribution in [0.5, 0.6) is 0 Å². The lowest BCUT2D eigenvalue weighted by atomic mass is 9.95. The van der Waals surface area contributed by atoms with E-state index in [1.165, 1.54) is 0 Å². The third-order valence-corrected chi connectivity index (χ3v) is 2.58. The molecule has 0 radical (unpaired) electrons. The molecule has 0 spiro atoms. The molecule has 98 valence electrons. The standard InChI is InChI=1S/C12H27NO3/c1-5-6-13-12(3,10-14)9-11(2)16-8-7-15-4/h11,13-14H,5-10H2,1-4H3. The molecule has 2 N–H and O–H groups in total. The minimum absolute atomic E-state index is 0.122. The summed E-state index contributed by atoms with van der Waals surface area (Å²) < 4.78 is 10.5. The van der Waals surface area contributed by atoms with Gasteiger partial charge in [0, 0.05) is 12.6 Å². The van der Waals surface area contributed by atoms with Crippen LogP contribution in [-0.2, 0) is 9.47 Å². The largest absolute Gasteiger partial charge is 0.394 e. The fraction of sp³-hybridized carbons (Fsp3) is 1.00. The van der Waals surface area contributed by atoms with Crippen LogP contribution in [0.1, 0.15) is 33.6 Å². The lowest BCUT2D eigenvalue weighted by molar-refractivity contribution is 0.00256. The summed E-state index contributed by atoms with van der Waals surface area (Å²) >= 11 is 0. The van der Waals surface area contributed by atoms with Crippen LogP contribution in [0.15, 0.2) is 0 Å². The van der Waals surface area contributed by atoms with Gasteiger partial charge >= 0.3 is 0 Å². The van der Waals surface area contributed by atoms with Crippen LogP contribution >= 0.6 is 0 Å². The minimum atomic E-state index is -0.248. The maximum Gasteiger partial charge on any atom is 0.0703 e. The van der Waals surface area contributed by atoms with Gasteiger partial charge in [0.25, 0.3) is 0 Å². The molecule has 0 aromatic heterocycles. The Morgan fingerprint density at radius 3 is 2.56 bits per heavy atom. The number of nitrogens with one attached hydrogen (secondary N) is 1. The van der Waals surface area contributed by atoms with E-state index in [1.807, 2.05) is 13.8 Å². The number of rotatable bonds is 10. The molecule has 0 aromatic carbocycles. The summed E-state index contributed by atoms with van der Waals surface area (Å²) in [6.07, 6.45) is 1.98. The van der Waals surface area contributed by atoms with Gasteiger partial charge in [-0.2, -0.15) is 0 Å². The van der Waals surface area contributed by atoms with E-state index in [2.05, 4.69) is 12.2 Å². The van der Waals surface area contributed by atoms with E-state index in [0.29, 0.717) is 13.2 Å². The van der Waals surface area contributed by atoms with Gasteiger partial charge < -0.3 is 19.9 Å². The van der Waals surface area contributed by atoms with E-state index in [-0.39, 0.29) is 18.2 Å². The molecular formula is C12H27NO3. The van der Waals surface area contributed by atoms with Crippen molar-refractivity contribution in [2.24, 2.45) is 0 Å². The highest BCUT2D eigenvalue weighted by molar-refractivity contribution is 4.84. The second-order valence-corrected chi connectivity index (χ2v) is 4.52. The molecule has 2 atom stereocenters. The summed E-state index contributed by atoms with van der Waals surface area (Å²) in [6.45, 7) is 8.43. The van der Waals surface area contributed by atoms with Gasteiger partial charge in [0.05, 0.1) is 25.9 Å². The number of hydrogen-bond acceptors (Lipinski definition) is 4. The summed E-state index contributed by atoms with van der Waals surface area (Å²) in [5.41, 5.74) is -0.248. The van der Waals surface area contributed by atoms with Gasteiger partial charge in [-0.1, -0.05) is 6.92 Å². The Morgan fingerprint density at radius 1 is 1.38 bits per heavy atom. The number of ether oxygens (including phenoxy) is 2. The zero-order valence-electron chi connectivity index (χ0n) is 11.1. The monoisotopic (exact) mass is 233 g/mol. The Hall–Kier alpha value is -0.160. The first-order valence-corrected chi connectivity index (χ1v) is 6.04. The topological polar surface area (TPSA) is 50.7 Å². The van der Waals surface area contributed by atoms with E-state index < -0.39 is 0 Å². The van der Waals surface area contributed by atoms with Gasteiger partial charge in [-0.25, -0.2) is 0 Å². The third-order valence-electron chi connectivity index (χ3n) is 2.58. The zero-order valence-corrected chi connectivity index (χ0v) is 11.1. The average Bonchev–Trinajstić information content (AvgIpc) is 2.27. The van der Waals surface area contributed by atoms with Crippen LogP contribution in [-0.4, -0.2) is 50.2 Å². The van der Waals surface area contributed by atoms with Gasteiger partial charge in [0.2, 0.25) is 0 Å². The number of methoxy groups -OCH3 is 1. The molecule has 0 aliphatic heterocycles. The van der Waals surface area contributed by atoms with Crippen LogP contribution in [0.2, 0.25) is 0 Å². The van der Waals surface area contributed by atoms with Crippen molar-refractivity contribution in [2.75, 3.05) is 33.5 Å². The molecule has 0 rings (SSSR count). The highest BCUT2D eigenvalue weighted by atomic mass is 16.5. The Balaban J connectivity index is 3.89. The predicted molar refractivity (Wildman–Crippen MR) is 65.7 cm³/mol. The average molecular weight is 233 g/mol. The van der Waals surface area contributed by atoms with E-state index in [4.69, 9.17) is 9.47 Å². The van der Waals surface area contributed by atoms with Crippen molar-refractivity contribution in [3.8, 4) is 0 Å². The normalized spacial score (nSPS) is 17.1. The molecular weight excluding hydrogens is 206 g/mol. The summed E-state index contributed by atoms with van der Waals surface area (Å²) in [5, 5.41) is 12.7. The molecule has 0 bridgehead atoms. The van der Waals surface area contributed by atoms with E-state index in [9.17, 15) is 5.11 Å². The van der Waals surface area contributed by atoms with Crippen molar-refractivity contribution in [1.82, 2.24) is 5.32 Å². The smallest absolute Gasteiger partial charge is 0.0703 e. The van der Waals surface area contributed by atoms with Crippen molar-refractivity contribution < 1.29 is 14.6 Å². The summed E-state index contributed by atoms with van der Waals surface area (Å²) in [5.74, 6) is 0. The molecule has 0 heterocycles. The second kappa shape index (κ2) is 8.93. The Bertz CT molecular complexity index is 166. The summed E-state index contributed by atoms with van der Waals surface area (Å²) in [4.78, 5) is 0. The molecule has 0 amide bonds. The van der Waals surface area contributed by atoms with Crippen molar-refractivity contribution in [2.45, 2.75) is 45.3 Å². The third kappa shape index (κ3) is 7.17. The van der Waals surface area contributed by atoms with Crippen LogP contribution in [0, 0.1) is 0 Å². The Labute approximate surface area is 99.3 Å². The van der Waals surface area contributed by atoms with Gasteiger partial charge in [-0.05, 0) is 33.2 Å². The SMILES string of the molecule is CCCNC(C)(CO)CC(C)OCCOC. The molecule has 0 fully saturated rings. The summed E-state index contributed by atoms with van der Waals surface area (Å²) in [7, 11) is 1.66. The van der Waals surface area contributed by atoms with Crippen LogP contribution in [0.4, 0.5) is 0 Å². The number of aliphatic hydroxyl groups is 1. The Kier molecular flexibility index (Phi) is 8.84. The highest BCUT2D eigenvalue weighted by Crippen LogP contribution is 2.14. The van der Waals surface area contributed by atoms with E-state index in [0.717, 1.165) is 19.4 Å². The van der Waals surface area contributed by atoms with E-state index in [1.54, 1.807) is 7.11 Å². The van der Waals surface area contributed by atoms with Gasteiger partial charge in [-0.15, -0.1) is 0 Å². The quantitative estimate of drug-likeness (QED) is 0.556. The summed E-state index contributed by atoms with van der Waals surface area (Å²) in [6, 6.07) is 0. The predicted octanol–water partition coefficient (Wildman–Crippen LogP) is 1.18. The molecule has 16 heavy (non-hydrogen) atoms. The van der Waals surface area contributed by atoms with E-state index >= 15 is 0 Å². The van der Waals surface area contributed by atoms with Crippen LogP contribution in [0.3, 0.4) is 0 Å². The maximum absolute atomic E-state index is 9.39. The lowest BCUT2D eigenvalue weighted by Gasteiger charge is -2.31. The molecule has 2 unspecified atom stereocenters. The van der Waals surface area contributed by atoms with Crippen LogP contribution < -0.4 is 5.32 Å². The number of hydrogen-bond donors (Lipinski definition) is 2. The first-order chi connectivity index (χ1) is 7.58. The molecule has 0 saturated carbocycles. The lowest BCUT2D eigenvalue weighted by Crippen LogP contribution is -2.48. The molecule has 0 aliphatic rings. The zero-order chi connectivity index (χ0) is 12.4. The molecule has 0 saturated heterocycles. The Morgan fingerprint density at radius 2 is 2.06 bits per heavy atom. The first-order valence-electron chi connectivity index (χ1n) is 6.04. The highest BCUT2D eigenvalue weighted by Gasteiger charge is 2.25. The van der Waals surface area contributed by atoms with Crippen molar-refractivity contribution in [3.05, 3.63) is 0 Å².